The molecule has 0 aromatic carbocycles. The Morgan fingerprint density at radius 3 is 2.48 bits per heavy atom. The smallest absolute Gasteiger partial charge is 0.325 e. The molecule has 1 aliphatic rings. The van der Waals surface area contributed by atoms with Crippen LogP contribution in [0, 0.1) is 0 Å². The van der Waals surface area contributed by atoms with Gasteiger partial charge in [-0.25, -0.2) is 0 Å². The lowest BCUT2D eigenvalue weighted by molar-refractivity contribution is -0.148. The molecule has 0 bridgehead atoms. The molecule has 0 radical (unpaired) electrons. The zero-order valence-corrected chi connectivity index (χ0v) is 14.4. The summed E-state index contributed by atoms with van der Waals surface area (Å²) in [4.78, 5) is 14.5. The summed E-state index contributed by atoms with van der Waals surface area (Å²) in [6.07, 6.45) is 8.57. The fourth-order valence-electron chi connectivity index (χ4n) is 3.54. The van der Waals surface area contributed by atoms with Gasteiger partial charge in [0.05, 0.1) is 7.11 Å². The number of carbonyl (C=O) groups is 1. The van der Waals surface area contributed by atoms with E-state index in [1.807, 2.05) is 13.8 Å². The first kappa shape index (κ1) is 18.4. The van der Waals surface area contributed by atoms with Crippen LogP contribution in [-0.4, -0.2) is 49.2 Å². The lowest BCUT2D eigenvalue weighted by Crippen LogP contribution is -2.50. The van der Waals surface area contributed by atoms with E-state index in [1.54, 1.807) is 0 Å². The fourth-order valence-corrected chi connectivity index (χ4v) is 3.54. The highest BCUT2D eigenvalue weighted by molar-refractivity contribution is 5.80. The molecular weight excluding hydrogens is 264 g/mol. The summed E-state index contributed by atoms with van der Waals surface area (Å²) in [7, 11) is 1.47. The van der Waals surface area contributed by atoms with Crippen LogP contribution < -0.4 is 5.32 Å². The molecule has 1 N–H and O–H groups in total. The first-order chi connectivity index (χ1) is 10.1. The van der Waals surface area contributed by atoms with Gasteiger partial charge in [-0.2, -0.15) is 0 Å². The number of nitrogens with one attached hydrogen (secondary N) is 1. The molecule has 0 amide bonds. The molecule has 1 rings (SSSR count). The molecular formula is C17H34N2O2. The third-order valence-corrected chi connectivity index (χ3v) is 4.82. The van der Waals surface area contributed by atoms with Crippen molar-refractivity contribution in [2.75, 3.05) is 26.7 Å². The van der Waals surface area contributed by atoms with Gasteiger partial charge in [0.25, 0.3) is 0 Å². The number of rotatable bonds is 10. The summed E-state index contributed by atoms with van der Waals surface area (Å²) < 4.78 is 4.94. The number of hydrogen-bond acceptors (Lipinski definition) is 4. The van der Waals surface area contributed by atoms with E-state index in [0.717, 1.165) is 44.9 Å². The quantitative estimate of drug-likeness (QED) is 0.497. The van der Waals surface area contributed by atoms with Crippen LogP contribution in [0.1, 0.15) is 65.7 Å². The standard InChI is InChI=1S/C17H34N2O2/c1-5-18-17(3,16(20)21-4)13-9-10-14-19(6-2)15-11-7-8-12-15/h15,18H,5-14H2,1-4H3. The summed E-state index contributed by atoms with van der Waals surface area (Å²) in [5.74, 6) is -0.146. The van der Waals surface area contributed by atoms with Crippen molar-refractivity contribution in [3.63, 3.8) is 0 Å². The largest absolute Gasteiger partial charge is 0.468 e. The van der Waals surface area contributed by atoms with Gasteiger partial charge in [-0.05, 0) is 58.7 Å². The SMILES string of the molecule is CCNC(C)(CCCCN(CC)C1CCCC1)C(=O)OC. The normalized spacial score (nSPS) is 18.9. The Kier molecular flexibility index (Phi) is 8.27. The van der Waals surface area contributed by atoms with Gasteiger partial charge in [0, 0.05) is 6.04 Å². The van der Waals surface area contributed by atoms with Crippen molar-refractivity contribution in [3.8, 4) is 0 Å². The number of methoxy groups -OCH3 is 1. The number of ether oxygens (including phenoxy) is 1. The molecule has 4 nitrogen and oxygen atoms in total. The Bertz CT molecular complexity index is 303. The molecule has 1 unspecified atom stereocenters. The van der Waals surface area contributed by atoms with Gasteiger partial charge in [-0.3, -0.25) is 4.79 Å². The van der Waals surface area contributed by atoms with Crippen molar-refractivity contribution in [1.29, 1.82) is 0 Å². The van der Waals surface area contributed by atoms with Crippen LogP contribution in [0.2, 0.25) is 0 Å². The van der Waals surface area contributed by atoms with Gasteiger partial charge < -0.3 is 15.0 Å². The monoisotopic (exact) mass is 298 g/mol. The first-order valence-corrected chi connectivity index (χ1v) is 8.64. The number of nitrogens with zero attached hydrogens (tertiary/aromatic N) is 1. The van der Waals surface area contributed by atoms with Crippen LogP contribution in [0.5, 0.6) is 0 Å². The molecule has 1 saturated carbocycles. The number of unbranched alkanes of at least 4 members (excludes halogenated alkanes) is 1. The molecule has 21 heavy (non-hydrogen) atoms. The van der Waals surface area contributed by atoms with Crippen molar-refractivity contribution in [3.05, 3.63) is 0 Å². The Morgan fingerprint density at radius 2 is 1.95 bits per heavy atom. The van der Waals surface area contributed by atoms with Gasteiger partial charge >= 0.3 is 5.97 Å². The van der Waals surface area contributed by atoms with Crippen molar-refractivity contribution >= 4 is 5.97 Å². The third-order valence-electron chi connectivity index (χ3n) is 4.82. The minimum atomic E-state index is -0.534. The van der Waals surface area contributed by atoms with Crippen molar-refractivity contribution in [2.45, 2.75) is 77.3 Å². The predicted octanol–water partition coefficient (Wildman–Crippen LogP) is 2.96. The summed E-state index contributed by atoms with van der Waals surface area (Å²) >= 11 is 0. The molecule has 0 aliphatic heterocycles. The number of likely N-dealkylation sites (N-methyl/N-ethyl adjacent to an activating group) is 1. The van der Waals surface area contributed by atoms with Gasteiger partial charge in [-0.15, -0.1) is 0 Å². The van der Waals surface area contributed by atoms with Gasteiger partial charge in [0.2, 0.25) is 0 Å². The molecule has 1 aliphatic carbocycles. The van der Waals surface area contributed by atoms with E-state index in [1.165, 1.54) is 32.8 Å². The van der Waals surface area contributed by atoms with E-state index in [2.05, 4.69) is 17.1 Å². The Hall–Kier alpha value is -0.610. The maximum atomic E-state index is 11.9. The topological polar surface area (TPSA) is 41.6 Å². The summed E-state index contributed by atoms with van der Waals surface area (Å²) in [5.41, 5.74) is -0.534. The first-order valence-electron chi connectivity index (χ1n) is 8.64. The van der Waals surface area contributed by atoms with Crippen LogP contribution in [0.15, 0.2) is 0 Å². The molecule has 1 fully saturated rings. The predicted molar refractivity (Wildman–Crippen MR) is 87.5 cm³/mol. The maximum absolute atomic E-state index is 11.9. The van der Waals surface area contributed by atoms with E-state index in [9.17, 15) is 4.79 Å². The fraction of sp³-hybridized carbons (Fsp3) is 0.941. The zero-order valence-electron chi connectivity index (χ0n) is 14.4. The van der Waals surface area contributed by atoms with Crippen LogP contribution in [0.25, 0.3) is 0 Å². The van der Waals surface area contributed by atoms with E-state index in [4.69, 9.17) is 4.74 Å². The average molecular weight is 298 g/mol. The highest BCUT2D eigenvalue weighted by Gasteiger charge is 2.32. The van der Waals surface area contributed by atoms with Crippen LogP contribution in [0.4, 0.5) is 0 Å². The second-order valence-corrected chi connectivity index (χ2v) is 6.38. The van der Waals surface area contributed by atoms with E-state index in [0.29, 0.717) is 0 Å². The summed E-state index contributed by atoms with van der Waals surface area (Å²) in [6.45, 7) is 9.33. The molecule has 1 atom stereocenters. The summed E-state index contributed by atoms with van der Waals surface area (Å²) in [6, 6.07) is 0.802. The van der Waals surface area contributed by atoms with Gasteiger partial charge in [-0.1, -0.05) is 26.7 Å². The van der Waals surface area contributed by atoms with Gasteiger partial charge in [0.1, 0.15) is 5.54 Å². The van der Waals surface area contributed by atoms with Crippen molar-refractivity contribution < 1.29 is 9.53 Å². The Morgan fingerprint density at radius 1 is 1.29 bits per heavy atom. The molecule has 4 heteroatoms. The third kappa shape index (κ3) is 5.59. The molecule has 124 valence electrons. The minimum Gasteiger partial charge on any atom is -0.468 e. The molecule has 0 aromatic heterocycles. The van der Waals surface area contributed by atoms with Crippen LogP contribution in [-0.2, 0) is 9.53 Å². The van der Waals surface area contributed by atoms with E-state index >= 15 is 0 Å². The number of hydrogen-bond donors (Lipinski definition) is 1. The summed E-state index contributed by atoms with van der Waals surface area (Å²) in [5, 5.41) is 3.28. The Balaban J connectivity index is 2.34. The average Bonchev–Trinajstić information content (AvgIpc) is 3.00. The lowest BCUT2D eigenvalue weighted by Gasteiger charge is -2.29. The number of carbonyl (C=O) groups excluding carboxylic acids is 1. The molecule has 0 spiro atoms. The molecule has 0 saturated heterocycles. The van der Waals surface area contributed by atoms with Crippen LogP contribution >= 0.6 is 0 Å². The van der Waals surface area contributed by atoms with Crippen molar-refractivity contribution in [2.24, 2.45) is 0 Å². The molecule has 0 aromatic rings. The van der Waals surface area contributed by atoms with Crippen LogP contribution in [0.3, 0.4) is 0 Å². The van der Waals surface area contributed by atoms with Gasteiger partial charge in [0.15, 0.2) is 0 Å². The van der Waals surface area contributed by atoms with Crippen molar-refractivity contribution in [1.82, 2.24) is 10.2 Å². The molecule has 0 heterocycles. The lowest BCUT2D eigenvalue weighted by atomic mass is 9.94. The second kappa shape index (κ2) is 9.42. The van der Waals surface area contributed by atoms with E-state index in [-0.39, 0.29) is 5.97 Å². The Labute approximate surface area is 130 Å². The van der Waals surface area contributed by atoms with E-state index < -0.39 is 5.54 Å². The number of esters is 1. The minimum absolute atomic E-state index is 0.146. The zero-order chi connectivity index (χ0) is 15.7. The maximum Gasteiger partial charge on any atom is 0.325 e. The second-order valence-electron chi connectivity index (χ2n) is 6.38. The highest BCUT2D eigenvalue weighted by Crippen LogP contribution is 2.24. The highest BCUT2D eigenvalue weighted by atomic mass is 16.5.